The number of rotatable bonds is 2. The predicted molar refractivity (Wildman–Crippen MR) is 50.3 cm³/mol. The third-order valence-corrected chi connectivity index (χ3v) is 2.07. The van der Waals surface area contributed by atoms with E-state index in [1.807, 2.05) is 0 Å². The fraction of sp³-hybridized carbons (Fsp3) is 0.222. The molecule has 0 saturated carbocycles. The molecule has 1 rings (SSSR count). The van der Waals surface area contributed by atoms with Crippen molar-refractivity contribution in [1.29, 1.82) is 5.26 Å². The van der Waals surface area contributed by atoms with E-state index in [1.54, 1.807) is 0 Å². The first-order chi connectivity index (χ1) is 7.52. The summed E-state index contributed by atoms with van der Waals surface area (Å²) in [5.74, 6) is -1.03. The van der Waals surface area contributed by atoms with Crippen LogP contribution in [0, 0.1) is 11.3 Å². The summed E-state index contributed by atoms with van der Waals surface area (Å²) >= 11 is 5.57. The molecule has 0 N–H and O–H groups in total. The fourth-order valence-electron chi connectivity index (χ4n) is 1.11. The van der Waals surface area contributed by atoms with E-state index in [0.717, 1.165) is 13.3 Å². The maximum Gasteiger partial charge on any atom is 0.340 e. The Labute approximate surface area is 94.4 Å². The van der Waals surface area contributed by atoms with Gasteiger partial charge in [-0.3, -0.25) is 0 Å². The molecule has 0 unspecified atom stereocenters. The molecule has 0 atom stereocenters. The van der Waals surface area contributed by atoms with Crippen LogP contribution >= 0.6 is 11.6 Å². The van der Waals surface area contributed by atoms with Crippen molar-refractivity contribution in [1.82, 2.24) is 4.98 Å². The van der Waals surface area contributed by atoms with Crippen LogP contribution in [0.4, 0.5) is 8.78 Å². The number of esters is 1. The van der Waals surface area contributed by atoms with Crippen LogP contribution in [-0.2, 0) is 4.74 Å². The molecular formula is C9H5ClF2N2O2. The molecule has 7 heteroatoms. The Morgan fingerprint density at radius 1 is 1.69 bits per heavy atom. The smallest absolute Gasteiger partial charge is 0.340 e. The molecule has 0 aromatic carbocycles. The lowest BCUT2D eigenvalue weighted by atomic mass is 10.1. The first kappa shape index (κ1) is 12.3. The number of hydrogen-bond donors (Lipinski definition) is 0. The van der Waals surface area contributed by atoms with Crippen LogP contribution in [0.3, 0.4) is 0 Å². The highest BCUT2D eigenvalue weighted by molar-refractivity contribution is 6.33. The lowest BCUT2D eigenvalue weighted by Gasteiger charge is -2.09. The summed E-state index contributed by atoms with van der Waals surface area (Å²) in [5, 5.41) is 8.32. The number of ether oxygens (including phenoxy) is 1. The van der Waals surface area contributed by atoms with Crippen LogP contribution < -0.4 is 0 Å². The van der Waals surface area contributed by atoms with Gasteiger partial charge in [-0.05, 0) is 0 Å². The molecule has 1 aromatic heterocycles. The fourth-order valence-corrected chi connectivity index (χ4v) is 1.34. The van der Waals surface area contributed by atoms with Crippen LogP contribution in [-0.4, -0.2) is 18.1 Å². The van der Waals surface area contributed by atoms with E-state index >= 15 is 0 Å². The van der Waals surface area contributed by atoms with E-state index in [9.17, 15) is 13.6 Å². The van der Waals surface area contributed by atoms with E-state index < -0.39 is 29.2 Å². The normalized spacial score (nSPS) is 10.0. The van der Waals surface area contributed by atoms with Gasteiger partial charge in [-0.2, -0.15) is 5.26 Å². The molecule has 0 radical (unpaired) electrons. The second-order valence-electron chi connectivity index (χ2n) is 2.65. The minimum absolute atomic E-state index is 0.277. The predicted octanol–water partition coefficient (Wildman–Crippen LogP) is 2.33. The van der Waals surface area contributed by atoms with E-state index in [1.165, 1.54) is 6.07 Å². The molecule has 1 aromatic rings. The number of aromatic nitrogens is 1. The minimum atomic E-state index is -3.03. The second kappa shape index (κ2) is 4.86. The van der Waals surface area contributed by atoms with Crippen LogP contribution in [0.25, 0.3) is 0 Å². The summed E-state index contributed by atoms with van der Waals surface area (Å²) in [6.07, 6.45) is -2.08. The number of hydrogen-bond acceptors (Lipinski definition) is 4. The van der Waals surface area contributed by atoms with Crippen LogP contribution in [0.5, 0.6) is 0 Å². The van der Waals surface area contributed by atoms with Gasteiger partial charge in [0.1, 0.15) is 11.8 Å². The van der Waals surface area contributed by atoms with Crippen LogP contribution in [0.1, 0.15) is 28.0 Å². The van der Waals surface area contributed by atoms with Crippen molar-refractivity contribution in [3.63, 3.8) is 0 Å². The van der Waals surface area contributed by atoms with Crippen LogP contribution in [0.2, 0.25) is 5.02 Å². The zero-order chi connectivity index (χ0) is 12.3. The molecule has 0 spiro atoms. The summed E-state index contributed by atoms with van der Waals surface area (Å²) in [4.78, 5) is 14.7. The summed E-state index contributed by atoms with van der Waals surface area (Å²) in [5.41, 5.74) is -1.87. The van der Waals surface area contributed by atoms with Gasteiger partial charge in [0.2, 0.25) is 0 Å². The Morgan fingerprint density at radius 2 is 2.31 bits per heavy atom. The van der Waals surface area contributed by atoms with Gasteiger partial charge in [0.05, 0.1) is 23.3 Å². The van der Waals surface area contributed by atoms with Crippen LogP contribution in [0.15, 0.2) is 6.20 Å². The van der Waals surface area contributed by atoms with Gasteiger partial charge in [0, 0.05) is 6.20 Å². The molecular weight excluding hydrogens is 242 g/mol. The minimum Gasteiger partial charge on any atom is -0.465 e. The molecule has 0 fully saturated rings. The Morgan fingerprint density at radius 3 is 2.75 bits per heavy atom. The Bertz CT molecular complexity index is 471. The lowest BCUT2D eigenvalue weighted by Crippen LogP contribution is -2.10. The topological polar surface area (TPSA) is 63.0 Å². The lowest BCUT2D eigenvalue weighted by molar-refractivity contribution is 0.0589. The van der Waals surface area contributed by atoms with E-state index in [0.29, 0.717) is 0 Å². The Kier molecular flexibility index (Phi) is 3.74. The molecule has 16 heavy (non-hydrogen) atoms. The average molecular weight is 247 g/mol. The molecule has 0 saturated heterocycles. The number of methoxy groups -OCH3 is 1. The van der Waals surface area contributed by atoms with Gasteiger partial charge < -0.3 is 4.74 Å². The number of halogens is 3. The largest absolute Gasteiger partial charge is 0.465 e. The van der Waals surface area contributed by atoms with Crippen molar-refractivity contribution >= 4 is 17.6 Å². The third kappa shape index (κ3) is 2.09. The summed E-state index contributed by atoms with van der Waals surface area (Å²) < 4.78 is 29.7. The second-order valence-corrected chi connectivity index (χ2v) is 3.05. The van der Waals surface area contributed by atoms with Crippen molar-refractivity contribution in [3.8, 4) is 6.07 Å². The highest BCUT2D eigenvalue weighted by atomic mass is 35.5. The number of carbonyl (C=O) groups excluding carboxylic acids is 1. The molecule has 0 aliphatic heterocycles. The van der Waals surface area contributed by atoms with E-state index in [-0.39, 0.29) is 5.02 Å². The van der Waals surface area contributed by atoms with Crippen molar-refractivity contribution in [3.05, 3.63) is 28.0 Å². The molecule has 84 valence electrons. The van der Waals surface area contributed by atoms with Gasteiger partial charge in [-0.25, -0.2) is 18.6 Å². The number of alkyl halides is 2. The molecule has 4 nitrogen and oxygen atoms in total. The standard InChI is InChI=1S/C9H5ClF2N2O2/c1-16-9(15)6-4(10)3-14-5(2-13)7(6)8(11)12/h3,8H,1H3. The number of carbonyl (C=O) groups is 1. The maximum atomic E-state index is 12.7. The van der Waals surface area contributed by atoms with Crippen molar-refractivity contribution in [2.45, 2.75) is 6.43 Å². The van der Waals surface area contributed by atoms with E-state index in [4.69, 9.17) is 16.9 Å². The number of nitrogens with zero attached hydrogens (tertiary/aromatic N) is 2. The van der Waals surface area contributed by atoms with E-state index in [2.05, 4.69) is 9.72 Å². The molecule has 0 aliphatic rings. The highest BCUT2D eigenvalue weighted by Gasteiger charge is 2.26. The summed E-state index contributed by atoms with van der Waals surface area (Å²) in [6.45, 7) is 0. The zero-order valence-corrected chi connectivity index (χ0v) is 8.76. The average Bonchev–Trinajstić information content (AvgIpc) is 2.27. The third-order valence-electron chi connectivity index (χ3n) is 1.78. The van der Waals surface area contributed by atoms with Gasteiger partial charge in [-0.15, -0.1) is 0 Å². The molecule has 1 heterocycles. The zero-order valence-electron chi connectivity index (χ0n) is 8.00. The van der Waals surface area contributed by atoms with Gasteiger partial charge >= 0.3 is 5.97 Å². The monoisotopic (exact) mass is 246 g/mol. The number of pyridine rings is 1. The van der Waals surface area contributed by atoms with Gasteiger partial charge in [0.15, 0.2) is 0 Å². The molecule has 0 amide bonds. The first-order valence-electron chi connectivity index (χ1n) is 3.97. The number of nitriles is 1. The Hall–Kier alpha value is -1.74. The molecule has 0 bridgehead atoms. The summed E-state index contributed by atoms with van der Waals surface area (Å²) in [6, 6.07) is 1.47. The molecule has 0 aliphatic carbocycles. The SMILES string of the molecule is COC(=O)c1c(Cl)cnc(C#N)c1C(F)F. The van der Waals surface area contributed by atoms with Gasteiger partial charge in [-0.1, -0.05) is 11.6 Å². The van der Waals surface area contributed by atoms with Gasteiger partial charge in [0.25, 0.3) is 6.43 Å². The van der Waals surface area contributed by atoms with Crippen molar-refractivity contribution in [2.24, 2.45) is 0 Å². The van der Waals surface area contributed by atoms with Crippen molar-refractivity contribution in [2.75, 3.05) is 7.11 Å². The van der Waals surface area contributed by atoms with Crippen molar-refractivity contribution < 1.29 is 18.3 Å². The summed E-state index contributed by atoms with van der Waals surface area (Å²) in [7, 11) is 1.03. The highest BCUT2D eigenvalue weighted by Crippen LogP contribution is 2.30. The quantitative estimate of drug-likeness (QED) is 0.752. The maximum absolute atomic E-state index is 12.7. The Balaban J connectivity index is 3.56. The first-order valence-corrected chi connectivity index (χ1v) is 4.35.